The van der Waals surface area contributed by atoms with Crippen LogP contribution in [0.5, 0.6) is 0 Å². The lowest BCUT2D eigenvalue weighted by atomic mass is 10.3. The third-order valence-corrected chi connectivity index (χ3v) is 5.06. The van der Waals surface area contributed by atoms with Crippen molar-refractivity contribution < 1.29 is 4.74 Å². The number of benzene rings is 2. The molecule has 2 aromatic rings. The standard InChI is InChI=1S/C18H20OS2/c1-15(2)13-14-19-18(20-16-9-5-3-6-10-16)21-17-11-7-4-8-12-17/h3-12,18H,1,13-14H2,2H3. The monoisotopic (exact) mass is 316 g/mol. The lowest BCUT2D eigenvalue weighted by Gasteiger charge is -2.17. The van der Waals surface area contributed by atoms with Crippen LogP contribution >= 0.6 is 23.5 Å². The highest BCUT2D eigenvalue weighted by Gasteiger charge is 2.12. The predicted octanol–water partition coefficient (Wildman–Crippen LogP) is 5.84. The maximum atomic E-state index is 6.03. The molecule has 0 saturated carbocycles. The van der Waals surface area contributed by atoms with E-state index in [-0.39, 0.29) is 4.77 Å². The van der Waals surface area contributed by atoms with Crippen molar-refractivity contribution in [2.24, 2.45) is 0 Å². The Balaban J connectivity index is 1.97. The van der Waals surface area contributed by atoms with E-state index in [1.807, 2.05) is 19.1 Å². The van der Waals surface area contributed by atoms with E-state index in [0.29, 0.717) is 6.61 Å². The van der Waals surface area contributed by atoms with Crippen LogP contribution in [-0.2, 0) is 4.74 Å². The molecule has 0 aliphatic heterocycles. The second kappa shape index (κ2) is 8.98. The molecule has 3 heteroatoms. The largest absolute Gasteiger partial charge is 0.357 e. The van der Waals surface area contributed by atoms with E-state index in [1.165, 1.54) is 9.79 Å². The second-order valence-electron chi connectivity index (χ2n) is 4.73. The highest BCUT2D eigenvalue weighted by Crippen LogP contribution is 2.36. The zero-order valence-corrected chi connectivity index (χ0v) is 13.8. The molecule has 0 saturated heterocycles. The van der Waals surface area contributed by atoms with Gasteiger partial charge in [-0.1, -0.05) is 65.5 Å². The molecule has 0 N–H and O–H groups in total. The first-order chi connectivity index (χ1) is 10.2. The SMILES string of the molecule is C=C(C)CCOC(Sc1ccccc1)Sc1ccccc1. The molecule has 0 unspecified atom stereocenters. The van der Waals surface area contributed by atoms with Gasteiger partial charge in [0.1, 0.15) is 0 Å². The van der Waals surface area contributed by atoms with Crippen molar-refractivity contribution in [3.05, 3.63) is 72.8 Å². The number of hydrogen-bond donors (Lipinski definition) is 0. The van der Waals surface area contributed by atoms with Crippen molar-refractivity contribution in [2.45, 2.75) is 27.9 Å². The fraction of sp³-hybridized carbons (Fsp3) is 0.222. The molecule has 0 bridgehead atoms. The van der Waals surface area contributed by atoms with E-state index >= 15 is 0 Å². The van der Waals surface area contributed by atoms with Gasteiger partial charge >= 0.3 is 0 Å². The summed E-state index contributed by atoms with van der Waals surface area (Å²) in [6.45, 7) is 6.67. The molecule has 0 aliphatic carbocycles. The summed E-state index contributed by atoms with van der Waals surface area (Å²) in [5.41, 5.74) is 1.16. The van der Waals surface area contributed by atoms with Gasteiger partial charge in [-0.25, -0.2) is 0 Å². The molecule has 2 rings (SSSR count). The lowest BCUT2D eigenvalue weighted by molar-refractivity contribution is 0.166. The smallest absolute Gasteiger partial charge is 0.158 e. The van der Waals surface area contributed by atoms with Crippen molar-refractivity contribution in [2.75, 3.05) is 6.61 Å². The molecule has 0 aromatic heterocycles. The second-order valence-corrected chi connectivity index (χ2v) is 7.30. The molecule has 0 aliphatic rings. The topological polar surface area (TPSA) is 9.23 Å². The van der Waals surface area contributed by atoms with Gasteiger partial charge in [-0.3, -0.25) is 0 Å². The average molecular weight is 316 g/mol. The van der Waals surface area contributed by atoms with Crippen molar-refractivity contribution in [3.63, 3.8) is 0 Å². The summed E-state index contributed by atoms with van der Waals surface area (Å²) < 4.78 is 6.08. The van der Waals surface area contributed by atoms with E-state index in [4.69, 9.17) is 4.74 Å². The van der Waals surface area contributed by atoms with Crippen LogP contribution in [0.15, 0.2) is 82.6 Å². The zero-order chi connectivity index (χ0) is 14.9. The lowest BCUT2D eigenvalue weighted by Crippen LogP contribution is -2.05. The van der Waals surface area contributed by atoms with Gasteiger partial charge in [0.2, 0.25) is 0 Å². The van der Waals surface area contributed by atoms with Crippen molar-refractivity contribution in [1.82, 2.24) is 0 Å². The molecule has 1 nitrogen and oxygen atoms in total. The molecular weight excluding hydrogens is 296 g/mol. The van der Waals surface area contributed by atoms with Gasteiger partial charge in [-0.2, -0.15) is 0 Å². The minimum atomic E-state index is 0.0501. The molecule has 0 atom stereocenters. The molecule has 110 valence electrons. The minimum absolute atomic E-state index is 0.0501. The van der Waals surface area contributed by atoms with Gasteiger partial charge in [-0.15, -0.1) is 6.58 Å². The Morgan fingerprint density at radius 1 is 0.952 bits per heavy atom. The van der Waals surface area contributed by atoms with Crippen molar-refractivity contribution in [3.8, 4) is 0 Å². The summed E-state index contributed by atoms with van der Waals surface area (Å²) >= 11 is 3.49. The van der Waals surface area contributed by atoms with Gasteiger partial charge in [0, 0.05) is 9.79 Å². The van der Waals surface area contributed by atoms with Crippen LogP contribution in [0, 0.1) is 0 Å². The highest BCUT2D eigenvalue weighted by atomic mass is 32.2. The quantitative estimate of drug-likeness (QED) is 0.344. The van der Waals surface area contributed by atoms with Gasteiger partial charge in [0.15, 0.2) is 4.77 Å². The number of thioether (sulfide) groups is 2. The van der Waals surface area contributed by atoms with Gasteiger partial charge in [-0.05, 0) is 37.6 Å². The molecule has 0 radical (unpaired) electrons. The molecule has 21 heavy (non-hydrogen) atoms. The number of rotatable bonds is 8. The van der Waals surface area contributed by atoms with Crippen molar-refractivity contribution >= 4 is 23.5 Å². The summed E-state index contributed by atoms with van der Waals surface area (Å²) in [6.07, 6.45) is 0.904. The third kappa shape index (κ3) is 6.42. The predicted molar refractivity (Wildman–Crippen MR) is 93.8 cm³/mol. The first-order valence-corrected chi connectivity index (χ1v) is 8.69. The summed E-state index contributed by atoms with van der Waals surface area (Å²) in [4.78, 5) is 2.45. The summed E-state index contributed by atoms with van der Waals surface area (Å²) in [6, 6.07) is 20.8. The van der Waals surface area contributed by atoms with Crippen molar-refractivity contribution in [1.29, 1.82) is 0 Å². The molecule has 0 spiro atoms. The van der Waals surface area contributed by atoms with E-state index < -0.39 is 0 Å². The Hall–Kier alpha value is -1.16. The van der Waals surface area contributed by atoms with Crippen LogP contribution in [0.1, 0.15) is 13.3 Å². The van der Waals surface area contributed by atoms with Crippen LogP contribution in [0.3, 0.4) is 0 Å². The van der Waals surface area contributed by atoms with Gasteiger partial charge < -0.3 is 4.74 Å². The Morgan fingerprint density at radius 3 is 1.86 bits per heavy atom. The highest BCUT2D eigenvalue weighted by molar-refractivity contribution is 8.16. The first-order valence-electron chi connectivity index (χ1n) is 6.93. The fourth-order valence-electron chi connectivity index (χ4n) is 1.64. The van der Waals surface area contributed by atoms with E-state index in [0.717, 1.165) is 12.0 Å². The van der Waals surface area contributed by atoms with Crippen LogP contribution in [0.4, 0.5) is 0 Å². The molecule has 0 fully saturated rings. The first kappa shape index (κ1) is 16.2. The summed E-state index contributed by atoms with van der Waals surface area (Å²) in [7, 11) is 0. The zero-order valence-electron chi connectivity index (χ0n) is 12.2. The van der Waals surface area contributed by atoms with Crippen LogP contribution < -0.4 is 0 Å². The minimum Gasteiger partial charge on any atom is -0.357 e. The van der Waals surface area contributed by atoms with E-state index in [2.05, 4.69) is 55.1 Å². The maximum absolute atomic E-state index is 6.03. The van der Waals surface area contributed by atoms with E-state index in [1.54, 1.807) is 23.5 Å². The van der Waals surface area contributed by atoms with Gasteiger partial charge in [0.05, 0.1) is 6.61 Å². The number of hydrogen-bond acceptors (Lipinski definition) is 3. The normalized spacial score (nSPS) is 10.8. The maximum Gasteiger partial charge on any atom is 0.158 e. The Morgan fingerprint density at radius 2 is 1.43 bits per heavy atom. The molecular formula is C18H20OS2. The summed E-state index contributed by atoms with van der Waals surface area (Å²) in [5.74, 6) is 0. The third-order valence-electron chi connectivity index (χ3n) is 2.73. The average Bonchev–Trinajstić information content (AvgIpc) is 2.49. The Labute approximate surface area is 135 Å². The Kier molecular flexibility index (Phi) is 6.93. The van der Waals surface area contributed by atoms with Crippen LogP contribution in [-0.4, -0.2) is 11.4 Å². The molecule has 2 aromatic carbocycles. The van der Waals surface area contributed by atoms with E-state index in [9.17, 15) is 0 Å². The Bertz CT molecular complexity index is 498. The van der Waals surface area contributed by atoms with Crippen LogP contribution in [0.25, 0.3) is 0 Å². The number of ether oxygens (including phenoxy) is 1. The fourth-order valence-corrected chi connectivity index (χ4v) is 3.90. The summed E-state index contributed by atoms with van der Waals surface area (Å²) in [5, 5.41) is 0. The molecule has 0 amide bonds. The van der Waals surface area contributed by atoms with Gasteiger partial charge in [0.25, 0.3) is 0 Å². The molecule has 0 heterocycles. The van der Waals surface area contributed by atoms with Crippen LogP contribution in [0.2, 0.25) is 0 Å².